The third-order valence-corrected chi connectivity index (χ3v) is 3.94. The molecule has 0 bridgehead atoms. The van der Waals surface area contributed by atoms with E-state index in [2.05, 4.69) is 40.5 Å². The number of amides is 1. The zero-order valence-corrected chi connectivity index (χ0v) is 9.93. The van der Waals surface area contributed by atoms with Crippen molar-refractivity contribution in [3.8, 4) is 0 Å². The number of likely N-dealkylation sites (tertiary alicyclic amines) is 1. The summed E-state index contributed by atoms with van der Waals surface area (Å²) in [6.45, 7) is 3.98. The van der Waals surface area contributed by atoms with Crippen molar-refractivity contribution in [3.63, 3.8) is 0 Å². The summed E-state index contributed by atoms with van der Waals surface area (Å²) >= 11 is 0. The number of benzene rings is 1. The number of carbonyl (C=O) groups is 1. The fraction of sp³-hybridized carbons (Fsp3) is 0.500. The molecule has 1 aromatic carbocycles. The van der Waals surface area contributed by atoms with Gasteiger partial charge in [0.1, 0.15) is 0 Å². The van der Waals surface area contributed by atoms with Crippen LogP contribution in [0, 0.1) is 11.8 Å². The highest BCUT2D eigenvalue weighted by Crippen LogP contribution is 2.28. The summed E-state index contributed by atoms with van der Waals surface area (Å²) < 4.78 is 0. The van der Waals surface area contributed by atoms with Crippen molar-refractivity contribution in [2.45, 2.75) is 13.0 Å². The van der Waals surface area contributed by atoms with E-state index >= 15 is 0 Å². The number of hydrogen-bond acceptors (Lipinski definition) is 2. The van der Waals surface area contributed by atoms with Crippen molar-refractivity contribution in [1.82, 2.24) is 10.2 Å². The minimum atomic E-state index is 0.273. The zero-order chi connectivity index (χ0) is 11.7. The SMILES string of the molecule is O=C1NCC2CN(Cc3ccccc3)CCC12. The van der Waals surface area contributed by atoms with Gasteiger partial charge in [0.25, 0.3) is 0 Å². The Morgan fingerprint density at radius 1 is 1.29 bits per heavy atom. The van der Waals surface area contributed by atoms with Crippen LogP contribution < -0.4 is 5.32 Å². The molecular formula is C14H18N2O. The van der Waals surface area contributed by atoms with Crippen molar-refractivity contribution in [2.24, 2.45) is 11.8 Å². The largest absolute Gasteiger partial charge is 0.355 e. The van der Waals surface area contributed by atoms with Gasteiger partial charge in [0, 0.05) is 31.5 Å². The Morgan fingerprint density at radius 2 is 2.12 bits per heavy atom. The van der Waals surface area contributed by atoms with E-state index in [4.69, 9.17) is 0 Å². The average Bonchev–Trinajstić information content (AvgIpc) is 2.72. The summed E-state index contributed by atoms with van der Waals surface area (Å²) in [5.41, 5.74) is 1.36. The maximum Gasteiger partial charge on any atom is 0.223 e. The van der Waals surface area contributed by atoms with Gasteiger partial charge in [-0.15, -0.1) is 0 Å². The van der Waals surface area contributed by atoms with Crippen LogP contribution >= 0.6 is 0 Å². The molecule has 17 heavy (non-hydrogen) atoms. The Bertz CT molecular complexity index is 404. The number of rotatable bonds is 2. The average molecular weight is 230 g/mol. The zero-order valence-electron chi connectivity index (χ0n) is 9.93. The van der Waals surface area contributed by atoms with Crippen molar-refractivity contribution < 1.29 is 4.79 Å². The predicted molar refractivity (Wildman–Crippen MR) is 66.3 cm³/mol. The van der Waals surface area contributed by atoms with Gasteiger partial charge in [-0.2, -0.15) is 0 Å². The van der Waals surface area contributed by atoms with Crippen molar-refractivity contribution >= 4 is 5.91 Å². The third-order valence-electron chi connectivity index (χ3n) is 3.94. The van der Waals surface area contributed by atoms with Crippen molar-refractivity contribution in [1.29, 1.82) is 0 Å². The second-order valence-corrected chi connectivity index (χ2v) is 5.12. The summed E-state index contributed by atoms with van der Waals surface area (Å²) in [5.74, 6) is 1.08. The lowest BCUT2D eigenvalue weighted by Crippen LogP contribution is -2.40. The van der Waals surface area contributed by atoms with Gasteiger partial charge >= 0.3 is 0 Å². The molecule has 2 aliphatic heterocycles. The normalized spacial score (nSPS) is 28.8. The minimum absolute atomic E-state index is 0.273. The molecule has 2 unspecified atom stereocenters. The highest BCUT2D eigenvalue weighted by Gasteiger charge is 2.38. The Kier molecular flexibility index (Phi) is 2.85. The number of piperidine rings is 1. The lowest BCUT2D eigenvalue weighted by atomic mass is 9.88. The molecule has 2 saturated heterocycles. The van der Waals surface area contributed by atoms with Crippen LogP contribution in [0.3, 0.4) is 0 Å². The molecule has 3 rings (SSSR count). The molecule has 0 radical (unpaired) electrons. The number of nitrogens with zero attached hydrogens (tertiary/aromatic N) is 1. The van der Waals surface area contributed by atoms with E-state index in [1.807, 2.05) is 0 Å². The second kappa shape index (κ2) is 4.49. The fourth-order valence-corrected chi connectivity index (χ4v) is 3.01. The van der Waals surface area contributed by atoms with Crippen LogP contribution in [0.4, 0.5) is 0 Å². The van der Waals surface area contributed by atoms with Crippen LogP contribution in [0.25, 0.3) is 0 Å². The van der Waals surface area contributed by atoms with E-state index in [-0.39, 0.29) is 11.8 Å². The summed E-state index contributed by atoms with van der Waals surface area (Å²) in [6, 6.07) is 10.6. The summed E-state index contributed by atoms with van der Waals surface area (Å²) in [7, 11) is 0. The lowest BCUT2D eigenvalue weighted by molar-refractivity contribution is -0.124. The Hall–Kier alpha value is -1.35. The molecule has 90 valence electrons. The van der Waals surface area contributed by atoms with E-state index in [0.29, 0.717) is 5.92 Å². The molecule has 0 aliphatic carbocycles. The molecule has 0 spiro atoms. The highest BCUT2D eigenvalue weighted by atomic mass is 16.2. The molecule has 2 heterocycles. The number of fused-ring (bicyclic) bond motifs is 1. The molecular weight excluding hydrogens is 212 g/mol. The molecule has 1 N–H and O–H groups in total. The van der Waals surface area contributed by atoms with Gasteiger partial charge in [0.15, 0.2) is 0 Å². The van der Waals surface area contributed by atoms with Gasteiger partial charge in [0.05, 0.1) is 0 Å². The summed E-state index contributed by atoms with van der Waals surface area (Å²) in [4.78, 5) is 14.0. The minimum Gasteiger partial charge on any atom is -0.355 e. The smallest absolute Gasteiger partial charge is 0.223 e. The molecule has 1 amide bonds. The quantitative estimate of drug-likeness (QED) is 0.829. The topological polar surface area (TPSA) is 32.3 Å². The molecule has 2 aliphatic rings. The maximum atomic E-state index is 11.5. The Labute approximate surface area is 102 Å². The first-order valence-electron chi connectivity index (χ1n) is 6.37. The van der Waals surface area contributed by atoms with Crippen molar-refractivity contribution in [3.05, 3.63) is 35.9 Å². The first-order valence-corrected chi connectivity index (χ1v) is 6.37. The number of carbonyl (C=O) groups excluding carboxylic acids is 1. The monoisotopic (exact) mass is 230 g/mol. The molecule has 2 fully saturated rings. The highest BCUT2D eigenvalue weighted by molar-refractivity contribution is 5.81. The van der Waals surface area contributed by atoms with Gasteiger partial charge in [0.2, 0.25) is 5.91 Å². The van der Waals surface area contributed by atoms with Crippen molar-refractivity contribution in [2.75, 3.05) is 19.6 Å². The van der Waals surface area contributed by atoms with Crippen LogP contribution in [-0.2, 0) is 11.3 Å². The van der Waals surface area contributed by atoms with Gasteiger partial charge < -0.3 is 5.32 Å². The molecule has 0 saturated carbocycles. The molecule has 2 atom stereocenters. The maximum absolute atomic E-state index is 11.5. The molecule has 1 aromatic rings. The number of hydrogen-bond donors (Lipinski definition) is 1. The van der Waals surface area contributed by atoms with Crippen LogP contribution in [0.1, 0.15) is 12.0 Å². The first-order chi connectivity index (χ1) is 8.33. The Morgan fingerprint density at radius 3 is 2.94 bits per heavy atom. The predicted octanol–water partition coefficient (Wildman–Crippen LogP) is 1.25. The van der Waals surface area contributed by atoms with E-state index in [9.17, 15) is 4.79 Å². The van der Waals surface area contributed by atoms with Crippen LogP contribution in [0.15, 0.2) is 30.3 Å². The standard InChI is InChI=1S/C14H18N2O/c17-14-13-6-7-16(10-12(13)8-15-14)9-11-4-2-1-3-5-11/h1-5,12-13H,6-10H2,(H,15,17). The molecule has 0 aromatic heterocycles. The lowest BCUT2D eigenvalue weighted by Gasteiger charge is -2.33. The van der Waals surface area contributed by atoms with Gasteiger partial charge in [-0.3, -0.25) is 9.69 Å². The van der Waals surface area contributed by atoms with Crippen LogP contribution in [0.2, 0.25) is 0 Å². The van der Waals surface area contributed by atoms with Crippen LogP contribution in [0.5, 0.6) is 0 Å². The van der Waals surface area contributed by atoms with Gasteiger partial charge in [-0.05, 0) is 18.5 Å². The molecule has 3 heteroatoms. The van der Waals surface area contributed by atoms with E-state index < -0.39 is 0 Å². The second-order valence-electron chi connectivity index (χ2n) is 5.12. The number of nitrogens with one attached hydrogen (secondary N) is 1. The molecule has 3 nitrogen and oxygen atoms in total. The first kappa shape index (κ1) is 10.8. The van der Waals surface area contributed by atoms with Gasteiger partial charge in [-0.1, -0.05) is 30.3 Å². The van der Waals surface area contributed by atoms with Gasteiger partial charge in [-0.25, -0.2) is 0 Å². The van der Waals surface area contributed by atoms with E-state index in [1.54, 1.807) is 0 Å². The Balaban J connectivity index is 1.62. The van der Waals surface area contributed by atoms with E-state index in [1.165, 1.54) is 5.56 Å². The fourth-order valence-electron chi connectivity index (χ4n) is 3.01. The summed E-state index contributed by atoms with van der Waals surface area (Å²) in [5, 5.41) is 2.98. The van der Waals surface area contributed by atoms with Crippen LogP contribution in [-0.4, -0.2) is 30.4 Å². The third kappa shape index (κ3) is 2.20. The van der Waals surface area contributed by atoms with E-state index in [0.717, 1.165) is 32.6 Å². The summed E-state index contributed by atoms with van der Waals surface area (Å²) in [6.07, 6.45) is 1.02.